The molecule has 1 aromatic carbocycles. The Morgan fingerprint density at radius 2 is 1.06 bits per heavy atom. The van der Waals surface area contributed by atoms with Gasteiger partial charge in [-0.05, 0) is 49.6 Å². The fraction of sp³-hybridized carbons (Fsp3) is 0.677. The number of benzene rings is 1. The molecule has 0 N–H and O–H groups in total. The molecule has 0 amide bonds. The molecular weight excluding hydrogens is 431 g/mol. The Kier molecular flexibility index (Phi) is 9.38. The van der Waals surface area contributed by atoms with Gasteiger partial charge in [-0.3, -0.25) is 0 Å². The van der Waals surface area contributed by atoms with E-state index in [9.17, 15) is 0 Å². The molecule has 1 atom stereocenters. The van der Waals surface area contributed by atoms with Crippen molar-refractivity contribution in [3.05, 3.63) is 28.8 Å². The number of terminal acetylenes is 1. The largest absolute Gasteiger partial charge is 0.146 e. The minimum Gasteiger partial charge on any atom is -0.125 e. The Balaban J connectivity index is 4.08. The van der Waals surface area contributed by atoms with Crippen molar-refractivity contribution in [2.24, 2.45) is 0 Å². The van der Waals surface area contributed by atoms with Crippen LogP contribution in [0.15, 0.2) is 12.1 Å². The van der Waals surface area contributed by atoms with Gasteiger partial charge in [0.15, 0.2) is 0 Å². The first-order valence-electron chi connectivity index (χ1n) is 12.7. The molecule has 0 bridgehead atoms. The average molecular weight is 483 g/mol. The van der Waals surface area contributed by atoms with Crippen molar-refractivity contribution in [1.82, 2.24) is 0 Å². The molecule has 0 fully saturated rings. The van der Waals surface area contributed by atoms with E-state index in [1.165, 1.54) is 22.0 Å². The zero-order chi connectivity index (χ0) is 26.2. The third-order valence-corrected chi connectivity index (χ3v) is 15.2. The Hall–Kier alpha value is -1.01. The van der Waals surface area contributed by atoms with E-state index >= 15 is 0 Å². The van der Waals surface area contributed by atoms with Crippen molar-refractivity contribution >= 4 is 21.3 Å². The van der Waals surface area contributed by atoms with Crippen LogP contribution in [0.1, 0.15) is 121 Å². The van der Waals surface area contributed by atoms with Gasteiger partial charge in [-0.1, -0.05) is 127 Å². The molecule has 0 radical (unpaired) electrons. The van der Waals surface area contributed by atoms with Gasteiger partial charge in [-0.25, -0.2) is 0 Å². The van der Waals surface area contributed by atoms with E-state index in [-0.39, 0.29) is 16.2 Å². The Morgan fingerprint density at radius 3 is 1.30 bits per heavy atom. The average Bonchev–Trinajstić information content (AvgIpc) is 2.61. The number of hydrogen-bond acceptors (Lipinski definition) is 0. The summed E-state index contributed by atoms with van der Waals surface area (Å²) < 4.78 is 0. The van der Waals surface area contributed by atoms with Crippen molar-refractivity contribution in [3.63, 3.8) is 0 Å². The van der Waals surface area contributed by atoms with Crippen LogP contribution in [0.5, 0.6) is 0 Å². The lowest BCUT2D eigenvalue weighted by Crippen LogP contribution is -2.43. The SMILES string of the molecule is C#CP(C#C[Si](C(C)C)(C(C)C)C(C)C)c1c(C(C)(C)C)cc(C(C)(C)C)cc1C(C)(C)C. The van der Waals surface area contributed by atoms with E-state index in [2.05, 4.69) is 133 Å². The van der Waals surface area contributed by atoms with Gasteiger partial charge in [0.2, 0.25) is 0 Å². The van der Waals surface area contributed by atoms with Gasteiger partial charge in [0.25, 0.3) is 0 Å². The third-order valence-electron chi connectivity index (χ3n) is 7.19. The van der Waals surface area contributed by atoms with Gasteiger partial charge in [0.05, 0.1) is 7.92 Å². The summed E-state index contributed by atoms with van der Waals surface area (Å²) in [4.78, 5) is 0. The summed E-state index contributed by atoms with van der Waals surface area (Å²) in [5, 5.41) is 1.34. The molecule has 0 spiro atoms. The predicted octanol–water partition coefficient (Wildman–Crippen LogP) is 9.46. The molecular formula is C31H51PSi. The second kappa shape index (κ2) is 10.3. The Labute approximate surface area is 209 Å². The molecule has 184 valence electrons. The van der Waals surface area contributed by atoms with E-state index in [1.807, 2.05) is 0 Å². The molecule has 0 nitrogen and oxygen atoms in total. The zero-order valence-electron chi connectivity index (χ0n) is 24.4. The first-order chi connectivity index (χ1) is 14.7. The lowest BCUT2D eigenvalue weighted by Gasteiger charge is -2.38. The van der Waals surface area contributed by atoms with Gasteiger partial charge < -0.3 is 0 Å². The van der Waals surface area contributed by atoms with Crippen LogP contribution in [0.4, 0.5) is 0 Å². The summed E-state index contributed by atoms with van der Waals surface area (Å²) in [6, 6.07) is 4.86. The van der Waals surface area contributed by atoms with Gasteiger partial charge in [-0.15, -0.1) is 12.0 Å². The van der Waals surface area contributed by atoms with Crippen molar-refractivity contribution < 1.29 is 0 Å². The van der Waals surface area contributed by atoms with E-state index in [0.29, 0.717) is 16.6 Å². The smallest absolute Gasteiger partial charge is 0.125 e. The first-order valence-corrected chi connectivity index (χ1v) is 16.3. The van der Waals surface area contributed by atoms with Crippen molar-refractivity contribution in [2.75, 3.05) is 0 Å². The van der Waals surface area contributed by atoms with Crippen molar-refractivity contribution in [3.8, 4) is 23.3 Å². The highest BCUT2D eigenvalue weighted by atomic mass is 31.1. The summed E-state index contributed by atoms with van der Waals surface area (Å²) in [5.74, 6) is 0. The van der Waals surface area contributed by atoms with E-state index in [1.54, 1.807) is 0 Å². The maximum Gasteiger partial charge on any atom is 0.146 e. The minimum absolute atomic E-state index is 0.00162. The summed E-state index contributed by atoms with van der Waals surface area (Å²) in [6.07, 6.45) is 6.30. The summed E-state index contributed by atoms with van der Waals surface area (Å²) in [7, 11) is -2.86. The molecule has 1 unspecified atom stereocenters. The lowest BCUT2D eigenvalue weighted by atomic mass is 9.75. The van der Waals surface area contributed by atoms with Crippen LogP contribution in [0.2, 0.25) is 16.6 Å². The van der Waals surface area contributed by atoms with Crippen LogP contribution < -0.4 is 5.30 Å². The minimum atomic E-state index is -1.85. The topological polar surface area (TPSA) is 0 Å². The maximum absolute atomic E-state index is 6.30. The first kappa shape index (κ1) is 30.0. The lowest BCUT2D eigenvalue weighted by molar-refractivity contribution is 0.553. The molecule has 0 aliphatic carbocycles. The van der Waals surface area contributed by atoms with Gasteiger partial charge >= 0.3 is 0 Å². The van der Waals surface area contributed by atoms with Crippen LogP contribution in [-0.2, 0) is 16.2 Å². The molecule has 0 aliphatic heterocycles. The standard InChI is InChI=1S/C31H51PSi/c1-17-32(18-19-33(22(2)3,23(4)5)24(6)7)28-26(30(11,12)13)20-25(29(8,9)10)21-27(28)31(14,15)16/h1,20-24H,2-16H3. The fourth-order valence-electron chi connectivity index (χ4n) is 5.19. The van der Waals surface area contributed by atoms with Crippen molar-refractivity contribution in [1.29, 1.82) is 0 Å². The van der Waals surface area contributed by atoms with Crippen LogP contribution in [0.3, 0.4) is 0 Å². The molecule has 1 aromatic rings. The Morgan fingerprint density at radius 1 is 0.697 bits per heavy atom. The molecule has 2 heteroatoms. The van der Waals surface area contributed by atoms with Gasteiger partial charge in [-0.2, -0.15) is 0 Å². The molecule has 0 aromatic heterocycles. The Bertz CT molecular complexity index is 868. The maximum atomic E-state index is 6.30. The highest BCUT2D eigenvalue weighted by Gasteiger charge is 2.42. The highest BCUT2D eigenvalue weighted by Crippen LogP contribution is 2.45. The second-order valence-corrected chi connectivity index (χ2v) is 20.9. The molecule has 33 heavy (non-hydrogen) atoms. The summed E-state index contributed by atoms with van der Waals surface area (Å²) in [5.41, 5.74) is 17.0. The van der Waals surface area contributed by atoms with Crippen LogP contribution >= 0.6 is 7.92 Å². The van der Waals surface area contributed by atoms with E-state index in [4.69, 9.17) is 6.42 Å². The number of rotatable bonds is 4. The van der Waals surface area contributed by atoms with Crippen LogP contribution in [0.25, 0.3) is 0 Å². The third kappa shape index (κ3) is 6.56. The van der Waals surface area contributed by atoms with Crippen LogP contribution in [-0.4, -0.2) is 8.07 Å². The second-order valence-electron chi connectivity index (χ2n) is 13.8. The van der Waals surface area contributed by atoms with Crippen LogP contribution in [0, 0.1) is 23.3 Å². The normalized spacial score (nSPS) is 14.3. The van der Waals surface area contributed by atoms with E-state index in [0.717, 1.165) is 0 Å². The quantitative estimate of drug-likeness (QED) is 0.228. The van der Waals surface area contributed by atoms with E-state index < -0.39 is 16.0 Å². The fourth-order valence-corrected chi connectivity index (χ4v) is 12.9. The highest BCUT2D eigenvalue weighted by molar-refractivity contribution is 7.75. The molecule has 0 saturated carbocycles. The molecule has 0 heterocycles. The molecule has 1 rings (SSSR count). The van der Waals surface area contributed by atoms with Crippen molar-refractivity contribution in [2.45, 2.75) is 137 Å². The summed E-state index contributed by atoms with van der Waals surface area (Å²) in [6.45, 7) is 35.1. The summed E-state index contributed by atoms with van der Waals surface area (Å²) >= 11 is 0. The van der Waals surface area contributed by atoms with Gasteiger partial charge in [0, 0.05) is 5.30 Å². The predicted molar refractivity (Wildman–Crippen MR) is 157 cm³/mol. The number of hydrogen-bond donors (Lipinski definition) is 0. The molecule has 0 aliphatic rings. The van der Waals surface area contributed by atoms with Gasteiger partial charge in [0.1, 0.15) is 8.07 Å². The molecule has 0 saturated heterocycles. The monoisotopic (exact) mass is 482 g/mol. The zero-order valence-corrected chi connectivity index (χ0v) is 26.3.